The number of amides is 2. The summed E-state index contributed by atoms with van der Waals surface area (Å²) in [6, 6.07) is -0.0671. The number of likely N-dealkylation sites (tertiary alicyclic amines) is 1. The van der Waals surface area contributed by atoms with Gasteiger partial charge in [-0.15, -0.1) is 0 Å². The summed E-state index contributed by atoms with van der Waals surface area (Å²) < 4.78 is 0. The van der Waals surface area contributed by atoms with Crippen LogP contribution in [0.4, 0.5) is 4.79 Å². The van der Waals surface area contributed by atoms with Gasteiger partial charge >= 0.3 is 12.0 Å². The lowest BCUT2D eigenvalue weighted by Gasteiger charge is -2.21. The number of nitrogens with zero attached hydrogens (tertiary/aromatic N) is 2. The number of carboxylic acid groups (broad SMARTS) is 1. The maximum Gasteiger partial charge on any atom is 0.317 e. The van der Waals surface area contributed by atoms with E-state index in [0.29, 0.717) is 25.3 Å². The molecule has 1 fully saturated rings. The number of rotatable bonds is 7. The van der Waals surface area contributed by atoms with Crippen molar-refractivity contribution in [3.63, 3.8) is 0 Å². The highest BCUT2D eigenvalue weighted by atomic mass is 16.4. The second-order valence-corrected chi connectivity index (χ2v) is 5.91. The van der Waals surface area contributed by atoms with E-state index in [1.54, 1.807) is 11.8 Å². The average molecular weight is 285 g/mol. The molecule has 2 amide bonds. The number of urea groups is 1. The fraction of sp³-hybridized carbons (Fsp3) is 0.857. The van der Waals surface area contributed by atoms with Crippen LogP contribution < -0.4 is 5.32 Å². The van der Waals surface area contributed by atoms with Crippen molar-refractivity contribution < 1.29 is 14.7 Å². The molecule has 0 aromatic carbocycles. The molecule has 0 bridgehead atoms. The number of carboxylic acids is 1. The predicted octanol–water partition coefficient (Wildman–Crippen LogP) is 1.08. The number of nitrogens with one attached hydrogen (secondary N) is 1. The lowest BCUT2D eigenvalue weighted by molar-refractivity contribution is -0.141. The van der Waals surface area contributed by atoms with Crippen LogP contribution in [0.2, 0.25) is 0 Å². The Hall–Kier alpha value is -1.30. The van der Waals surface area contributed by atoms with E-state index in [-0.39, 0.29) is 11.9 Å². The molecular formula is C14H27N3O3. The maximum atomic E-state index is 11.9. The summed E-state index contributed by atoms with van der Waals surface area (Å²) in [6.45, 7) is 5.15. The molecule has 116 valence electrons. The second kappa shape index (κ2) is 8.09. The van der Waals surface area contributed by atoms with E-state index in [1.807, 2.05) is 7.05 Å². The summed E-state index contributed by atoms with van der Waals surface area (Å²) in [5, 5.41) is 11.6. The van der Waals surface area contributed by atoms with Gasteiger partial charge in [0, 0.05) is 26.7 Å². The number of carbonyl (C=O) groups is 2. The third kappa shape index (κ3) is 5.77. The molecule has 0 aromatic rings. The SMILES string of the molecule is CC(CCCNC(=O)N(C)CC1CCN(C)C1)C(=O)O. The molecule has 1 aliphatic rings. The molecule has 2 N–H and O–H groups in total. The van der Waals surface area contributed by atoms with E-state index < -0.39 is 5.97 Å². The van der Waals surface area contributed by atoms with E-state index >= 15 is 0 Å². The van der Waals surface area contributed by atoms with Crippen LogP contribution in [-0.4, -0.2) is 67.2 Å². The van der Waals surface area contributed by atoms with Gasteiger partial charge in [0.05, 0.1) is 5.92 Å². The van der Waals surface area contributed by atoms with Crippen LogP contribution in [0.15, 0.2) is 0 Å². The Morgan fingerprint density at radius 3 is 2.75 bits per heavy atom. The van der Waals surface area contributed by atoms with Crippen LogP contribution in [0, 0.1) is 11.8 Å². The summed E-state index contributed by atoms with van der Waals surface area (Å²) in [7, 11) is 3.91. The molecule has 0 spiro atoms. The average Bonchev–Trinajstić information content (AvgIpc) is 2.79. The van der Waals surface area contributed by atoms with Gasteiger partial charge in [-0.3, -0.25) is 4.79 Å². The third-order valence-electron chi connectivity index (χ3n) is 3.88. The molecule has 20 heavy (non-hydrogen) atoms. The first kappa shape index (κ1) is 16.8. The van der Waals surface area contributed by atoms with Gasteiger partial charge < -0.3 is 20.2 Å². The fourth-order valence-corrected chi connectivity index (χ4v) is 2.51. The van der Waals surface area contributed by atoms with Gasteiger partial charge in [-0.2, -0.15) is 0 Å². The van der Waals surface area contributed by atoms with Crippen molar-refractivity contribution in [2.45, 2.75) is 26.2 Å². The molecule has 1 aliphatic heterocycles. The van der Waals surface area contributed by atoms with Crippen LogP contribution in [0.3, 0.4) is 0 Å². The zero-order chi connectivity index (χ0) is 15.1. The van der Waals surface area contributed by atoms with Crippen LogP contribution in [-0.2, 0) is 4.79 Å². The van der Waals surface area contributed by atoms with Crippen LogP contribution in [0.1, 0.15) is 26.2 Å². The molecule has 0 aromatic heterocycles. The Bertz CT molecular complexity index is 336. The monoisotopic (exact) mass is 285 g/mol. The van der Waals surface area contributed by atoms with Crippen LogP contribution >= 0.6 is 0 Å². The smallest absolute Gasteiger partial charge is 0.317 e. The summed E-state index contributed by atoms with van der Waals surface area (Å²) >= 11 is 0. The van der Waals surface area contributed by atoms with Gasteiger partial charge in [0.15, 0.2) is 0 Å². The van der Waals surface area contributed by atoms with Crippen LogP contribution in [0.5, 0.6) is 0 Å². The minimum Gasteiger partial charge on any atom is -0.481 e. The molecule has 0 aliphatic carbocycles. The third-order valence-corrected chi connectivity index (χ3v) is 3.88. The Morgan fingerprint density at radius 1 is 1.50 bits per heavy atom. The molecule has 1 saturated heterocycles. The molecule has 1 heterocycles. The van der Waals surface area contributed by atoms with Gasteiger partial charge in [-0.1, -0.05) is 6.92 Å². The predicted molar refractivity (Wildman–Crippen MR) is 77.7 cm³/mol. The molecular weight excluding hydrogens is 258 g/mol. The van der Waals surface area contributed by atoms with E-state index in [9.17, 15) is 9.59 Å². The highest BCUT2D eigenvalue weighted by Gasteiger charge is 2.22. The molecule has 6 heteroatoms. The standard InChI is InChI=1S/C14H27N3O3/c1-11(13(18)19)5-4-7-15-14(20)17(3)10-12-6-8-16(2)9-12/h11-12H,4-10H2,1-3H3,(H,15,20)(H,18,19). The number of carbonyl (C=O) groups excluding carboxylic acids is 1. The zero-order valence-electron chi connectivity index (χ0n) is 12.8. The molecule has 0 radical (unpaired) electrons. The highest BCUT2D eigenvalue weighted by molar-refractivity contribution is 5.73. The molecule has 0 saturated carbocycles. The van der Waals surface area contributed by atoms with E-state index in [0.717, 1.165) is 26.1 Å². The van der Waals surface area contributed by atoms with Crippen molar-refractivity contribution in [3.05, 3.63) is 0 Å². The second-order valence-electron chi connectivity index (χ2n) is 5.91. The first-order chi connectivity index (χ1) is 9.40. The summed E-state index contributed by atoms with van der Waals surface area (Å²) in [5.41, 5.74) is 0. The van der Waals surface area contributed by atoms with E-state index in [4.69, 9.17) is 5.11 Å². The number of aliphatic carboxylic acids is 1. The van der Waals surface area contributed by atoms with Crippen molar-refractivity contribution in [3.8, 4) is 0 Å². The Kier molecular flexibility index (Phi) is 6.78. The Morgan fingerprint density at radius 2 is 2.20 bits per heavy atom. The van der Waals surface area contributed by atoms with Crippen molar-refractivity contribution in [2.75, 3.05) is 40.3 Å². The van der Waals surface area contributed by atoms with Gasteiger partial charge in [-0.05, 0) is 38.8 Å². The Labute approximate surface area is 121 Å². The minimum absolute atomic E-state index is 0.0671. The van der Waals surface area contributed by atoms with Crippen LogP contribution in [0.25, 0.3) is 0 Å². The lowest BCUT2D eigenvalue weighted by atomic mass is 10.1. The summed E-state index contributed by atoms with van der Waals surface area (Å²) in [5.74, 6) is -0.569. The minimum atomic E-state index is -0.779. The van der Waals surface area contributed by atoms with Crippen molar-refractivity contribution in [1.29, 1.82) is 0 Å². The van der Waals surface area contributed by atoms with Gasteiger partial charge in [0.1, 0.15) is 0 Å². The Balaban J connectivity index is 2.14. The highest BCUT2D eigenvalue weighted by Crippen LogP contribution is 2.15. The molecule has 2 unspecified atom stereocenters. The van der Waals surface area contributed by atoms with E-state index in [1.165, 1.54) is 0 Å². The normalized spacial score (nSPS) is 20.6. The lowest BCUT2D eigenvalue weighted by Crippen LogP contribution is -2.40. The summed E-state index contributed by atoms with van der Waals surface area (Å²) in [6.07, 6.45) is 2.43. The maximum absolute atomic E-state index is 11.9. The first-order valence-corrected chi connectivity index (χ1v) is 7.30. The van der Waals surface area contributed by atoms with Crippen molar-refractivity contribution in [1.82, 2.24) is 15.1 Å². The quantitative estimate of drug-likeness (QED) is 0.687. The van der Waals surface area contributed by atoms with Gasteiger partial charge in [-0.25, -0.2) is 4.79 Å². The van der Waals surface area contributed by atoms with Crippen molar-refractivity contribution >= 4 is 12.0 Å². The van der Waals surface area contributed by atoms with Crippen molar-refractivity contribution in [2.24, 2.45) is 11.8 Å². The van der Waals surface area contributed by atoms with E-state index in [2.05, 4.69) is 17.3 Å². The molecule has 1 rings (SSSR count). The fourth-order valence-electron chi connectivity index (χ4n) is 2.51. The number of hydrogen-bond donors (Lipinski definition) is 2. The van der Waals surface area contributed by atoms with Gasteiger partial charge in [0.2, 0.25) is 0 Å². The zero-order valence-corrected chi connectivity index (χ0v) is 12.8. The topological polar surface area (TPSA) is 72.9 Å². The van der Waals surface area contributed by atoms with Gasteiger partial charge in [0.25, 0.3) is 0 Å². The molecule has 6 nitrogen and oxygen atoms in total. The first-order valence-electron chi connectivity index (χ1n) is 7.30. The summed E-state index contributed by atoms with van der Waals surface area (Å²) in [4.78, 5) is 26.5. The molecule has 2 atom stereocenters. The largest absolute Gasteiger partial charge is 0.481 e. The number of hydrogen-bond acceptors (Lipinski definition) is 3.